The van der Waals surface area contributed by atoms with Crippen molar-refractivity contribution in [2.75, 3.05) is 5.73 Å². The molecular weight excluding hydrogens is 198 g/mol. The van der Waals surface area contributed by atoms with E-state index in [-0.39, 0.29) is 6.10 Å². The zero-order chi connectivity index (χ0) is 11.4. The van der Waals surface area contributed by atoms with Gasteiger partial charge in [0.05, 0.1) is 0 Å². The van der Waals surface area contributed by atoms with Crippen LogP contribution in [-0.2, 0) is 0 Å². The van der Waals surface area contributed by atoms with E-state index < -0.39 is 0 Å². The Morgan fingerprint density at radius 2 is 1.56 bits per heavy atom. The number of hydrogen-bond acceptors (Lipinski definition) is 2. The number of hydrogen-bond donors (Lipinski definition) is 1. The lowest BCUT2D eigenvalue weighted by molar-refractivity contribution is 0.227. The Balaban J connectivity index is 2.08. The topological polar surface area (TPSA) is 35.2 Å². The number of benzene rings is 2. The molecule has 2 N–H and O–H groups in total. The van der Waals surface area contributed by atoms with Crippen LogP contribution in [-0.4, -0.2) is 0 Å². The average molecular weight is 213 g/mol. The van der Waals surface area contributed by atoms with Gasteiger partial charge in [-0.05, 0) is 36.8 Å². The van der Waals surface area contributed by atoms with E-state index in [9.17, 15) is 0 Å². The maximum absolute atomic E-state index is 5.80. The van der Waals surface area contributed by atoms with Crippen LogP contribution in [0.4, 0.5) is 5.69 Å². The maximum atomic E-state index is 5.80. The standard InChI is InChI=1S/C14H15NO/c1-11(12-5-3-2-4-6-12)16-14-9-7-13(15)8-10-14/h2-11H,15H2,1H3/t11-/m1/s1. The monoisotopic (exact) mass is 213 g/mol. The van der Waals surface area contributed by atoms with Crippen molar-refractivity contribution < 1.29 is 4.74 Å². The Morgan fingerprint density at radius 1 is 0.938 bits per heavy atom. The van der Waals surface area contributed by atoms with Crippen LogP contribution in [0.3, 0.4) is 0 Å². The van der Waals surface area contributed by atoms with Gasteiger partial charge in [0.1, 0.15) is 11.9 Å². The van der Waals surface area contributed by atoms with E-state index in [2.05, 4.69) is 12.1 Å². The van der Waals surface area contributed by atoms with Gasteiger partial charge in [-0.2, -0.15) is 0 Å². The van der Waals surface area contributed by atoms with Crippen LogP contribution < -0.4 is 10.5 Å². The van der Waals surface area contributed by atoms with E-state index in [0.29, 0.717) is 0 Å². The third kappa shape index (κ3) is 2.54. The highest BCUT2D eigenvalue weighted by molar-refractivity contribution is 5.41. The van der Waals surface area contributed by atoms with Crippen molar-refractivity contribution in [2.45, 2.75) is 13.0 Å². The first kappa shape index (κ1) is 10.6. The second kappa shape index (κ2) is 4.71. The van der Waals surface area contributed by atoms with Crippen LogP contribution in [0.2, 0.25) is 0 Å². The number of nitrogen functional groups attached to an aromatic ring is 1. The molecule has 0 amide bonds. The van der Waals surface area contributed by atoms with Crippen molar-refractivity contribution in [3.05, 3.63) is 60.2 Å². The molecule has 0 aliphatic heterocycles. The van der Waals surface area contributed by atoms with E-state index in [1.165, 1.54) is 5.56 Å². The summed E-state index contributed by atoms with van der Waals surface area (Å²) in [4.78, 5) is 0. The van der Waals surface area contributed by atoms with Gasteiger partial charge in [0.25, 0.3) is 0 Å². The highest BCUT2D eigenvalue weighted by Crippen LogP contribution is 2.22. The molecule has 0 bridgehead atoms. The number of nitrogens with two attached hydrogens (primary N) is 1. The minimum atomic E-state index is 0.0461. The van der Waals surface area contributed by atoms with Crippen LogP contribution in [0.25, 0.3) is 0 Å². The molecular formula is C14H15NO. The van der Waals surface area contributed by atoms with Crippen LogP contribution in [0.15, 0.2) is 54.6 Å². The summed E-state index contributed by atoms with van der Waals surface area (Å²) < 4.78 is 5.80. The predicted octanol–water partition coefficient (Wildman–Crippen LogP) is 3.41. The second-order valence-electron chi connectivity index (χ2n) is 3.74. The van der Waals surface area contributed by atoms with Crippen LogP contribution in [0.1, 0.15) is 18.6 Å². The van der Waals surface area contributed by atoms with E-state index in [1.807, 2.05) is 49.4 Å². The number of ether oxygens (including phenoxy) is 1. The van der Waals surface area contributed by atoms with Gasteiger partial charge in [0.2, 0.25) is 0 Å². The molecule has 2 aromatic carbocycles. The summed E-state index contributed by atoms with van der Waals surface area (Å²) in [6.45, 7) is 2.03. The lowest BCUT2D eigenvalue weighted by Crippen LogP contribution is -2.02. The van der Waals surface area contributed by atoms with Crippen LogP contribution >= 0.6 is 0 Å². The molecule has 82 valence electrons. The SMILES string of the molecule is C[C@@H](Oc1ccc(N)cc1)c1ccccc1. The fourth-order valence-corrected chi connectivity index (χ4v) is 1.54. The minimum absolute atomic E-state index is 0.0461. The zero-order valence-electron chi connectivity index (χ0n) is 9.26. The quantitative estimate of drug-likeness (QED) is 0.793. The van der Waals surface area contributed by atoms with Crippen molar-refractivity contribution in [3.8, 4) is 5.75 Å². The molecule has 0 radical (unpaired) electrons. The minimum Gasteiger partial charge on any atom is -0.486 e. The summed E-state index contributed by atoms with van der Waals surface area (Å²) in [6, 6.07) is 17.6. The van der Waals surface area contributed by atoms with Crippen molar-refractivity contribution in [2.24, 2.45) is 0 Å². The van der Waals surface area contributed by atoms with Gasteiger partial charge in [-0.1, -0.05) is 30.3 Å². The van der Waals surface area contributed by atoms with Gasteiger partial charge in [0.15, 0.2) is 0 Å². The van der Waals surface area contributed by atoms with Gasteiger partial charge in [-0.15, -0.1) is 0 Å². The Bertz CT molecular complexity index is 436. The van der Waals surface area contributed by atoms with Gasteiger partial charge in [-0.3, -0.25) is 0 Å². The van der Waals surface area contributed by atoms with Crippen molar-refractivity contribution in [3.63, 3.8) is 0 Å². The first-order valence-electron chi connectivity index (χ1n) is 5.33. The molecule has 0 aliphatic carbocycles. The Hall–Kier alpha value is -1.96. The van der Waals surface area contributed by atoms with Crippen LogP contribution in [0, 0.1) is 0 Å². The summed E-state index contributed by atoms with van der Waals surface area (Å²) in [6.07, 6.45) is 0.0461. The van der Waals surface area contributed by atoms with Gasteiger partial charge < -0.3 is 10.5 Å². The molecule has 0 aliphatic rings. The van der Waals surface area contributed by atoms with Crippen molar-refractivity contribution in [1.82, 2.24) is 0 Å². The zero-order valence-corrected chi connectivity index (χ0v) is 9.26. The lowest BCUT2D eigenvalue weighted by atomic mass is 10.1. The van der Waals surface area contributed by atoms with Crippen molar-refractivity contribution >= 4 is 5.69 Å². The first-order valence-corrected chi connectivity index (χ1v) is 5.33. The van der Waals surface area contributed by atoms with E-state index in [4.69, 9.17) is 10.5 Å². The first-order chi connectivity index (χ1) is 7.75. The van der Waals surface area contributed by atoms with E-state index >= 15 is 0 Å². The van der Waals surface area contributed by atoms with E-state index in [0.717, 1.165) is 11.4 Å². The van der Waals surface area contributed by atoms with Gasteiger partial charge in [-0.25, -0.2) is 0 Å². The lowest BCUT2D eigenvalue weighted by Gasteiger charge is -2.14. The molecule has 2 aromatic rings. The molecule has 0 aromatic heterocycles. The highest BCUT2D eigenvalue weighted by Gasteiger charge is 2.05. The Kier molecular flexibility index (Phi) is 3.10. The fraction of sp³-hybridized carbons (Fsp3) is 0.143. The maximum Gasteiger partial charge on any atom is 0.121 e. The normalized spacial score (nSPS) is 12.1. The third-order valence-electron chi connectivity index (χ3n) is 2.46. The fourth-order valence-electron chi connectivity index (χ4n) is 1.54. The molecule has 0 unspecified atom stereocenters. The Morgan fingerprint density at radius 3 is 2.19 bits per heavy atom. The van der Waals surface area contributed by atoms with Gasteiger partial charge in [0, 0.05) is 5.69 Å². The summed E-state index contributed by atoms with van der Waals surface area (Å²) in [7, 11) is 0. The number of anilines is 1. The molecule has 0 saturated heterocycles. The van der Waals surface area contributed by atoms with Crippen LogP contribution in [0.5, 0.6) is 5.75 Å². The molecule has 2 nitrogen and oxygen atoms in total. The highest BCUT2D eigenvalue weighted by atomic mass is 16.5. The molecule has 2 heteroatoms. The van der Waals surface area contributed by atoms with E-state index in [1.54, 1.807) is 0 Å². The molecule has 0 heterocycles. The average Bonchev–Trinajstić information content (AvgIpc) is 2.33. The molecule has 0 saturated carbocycles. The molecule has 1 atom stereocenters. The summed E-state index contributed by atoms with van der Waals surface area (Å²) in [5.74, 6) is 0.838. The molecule has 0 fully saturated rings. The smallest absolute Gasteiger partial charge is 0.121 e. The van der Waals surface area contributed by atoms with Crippen molar-refractivity contribution in [1.29, 1.82) is 0 Å². The summed E-state index contributed by atoms with van der Waals surface area (Å²) in [5.41, 5.74) is 7.53. The molecule has 0 spiro atoms. The molecule has 16 heavy (non-hydrogen) atoms. The largest absolute Gasteiger partial charge is 0.486 e. The third-order valence-corrected chi connectivity index (χ3v) is 2.46. The predicted molar refractivity (Wildman–Crippen MR) is 66.3 cm³/mol. The second-order valence-corrected chi connectivity index (χ2v) is 3.74. The van der Waals surface area contributed by atoms with Gasteiger partial charge >= 0.3 is 0 Å². The summed E-state index contributed by atoms with van der Waals surface area (Å²) >= 11 is 0. The molecule has 2 rings (SSSR count). The Labute approximate surface area is 95.7 Å². The summed E-state index contributed by atoms with van der Waals surface area (Å²) in [5, 5.41) is 0. The number of rotatable bonds is 3.